The highest BCUT2D eigenvalue weighted by Crippen LogP contribution is 2.38. The molecule has 0 amide bonds. The Hall–Kier alpha value is -1.80. The topological polar surface area (TPSA) is 94.1 Å². The second-order valence-corrected chi connectivity index (χ2v) is 19.6. The Balaban J connectivity index is 4.14. The van der Waals surface area contributed by atoms with Crippen LogP contribution >= 0.6 is 7.82 Å². The molecule has 0 N–H and O–H groups in total. The van der Waals surface area contributed by atoms with E-state index in [4.69, 9.17) is 18.5 Å². The fourth-order valence-electron chi connectivity index (χ4n) is 6.81. The third-order valence-corrected chi connectivity index (χ3v) is 11.8. The van der Waals surface area contributed by atoms with Crippen LogP contribution in [0.3, 0.4) is 0 Å². The molecule has 0 rings (SSSR count). The highest BCUT2D eigenvalue weighted by Gasteiger charge is 2.20. The maximum Gasteiger partial charge on any atom is 0.306 e. The first-order chi connectivity index (χ1) is 30.1. The highest BCUT2D eigenvalue weighted by molar-refractivity contribution is 7.45. The molecule has 0 aliphatic carbocycles. The summed E-state index contributed by atoms with van der Waals surface area (Å²) in [4.78, 5) is 25.2. The maximum absolute atomic E-state index is 12.7. The molecule has 0 saturated carbocycles. The highest BCUT2D eigenvalue weighted by atomic mass is 31.2. The van der Waals surface area contributed by atoms with Crippen LogP contribution in [0.2, 0.25) is 0 Å². The molecule has 9 heteroatoms. The number of carbonyl (C=O) groups is 1. The average molecular weight is 892 g/mol. The lowest BCUT2D eigenvalue weighted by Crippen LogP contribution is -2.37. The zero-order valence-electron chi connectivity index (χ0n) is 41.1. The molecule has 0 aliphatic heterocycles. The van der Waals surface area contributed by atoms with Gasteiger partial charge in [-0.25, -0.2) is 0 Å². The van der Waals surface area contributed by atoms with Gasteiger partial charge in [0, 0.05) is 13.0 Å². The molecule has 0 heterocycles. The Labute approximate surface area is 383 Å². The van der Waals surface area contributed by atoms with E-state index in [1.54, 1.807) is 0 Å². The van der Waals surface area contributed by atoms with E-state index >= 15 is 0 Å². The summed E-state index contributed by atoms with van der Waals surface area (Å²) in [6.07, 6.45) is 58.1. The molecule has 0 spiro atoms. The number of rotatable bonds is 47. The number of phosphoric acid groups is 1. The molecule has 0 aromatic rings. The zero-order chi connectivity index (χ0) is 45.5. The molecule has 2 unspecified atom stereocenters. The number of carbonyl (C=O) groups excluding carboxylic acids is 1. The molecule has 8 nitrogen and oxygen atoms in total. The smallest absolute Gasteiger partial charge is 0.306 e. The van der Waals surface area contributed by atoms with E-state index < -0.39 is 13.9 Å². The van der Waals surface area contributed by atoms with Gasteiger partial charge in [-0.2, -0.15) is 0 Å². The van der Waals surface area contributed by atoms with E-state index in [1.807, 2.05) is 21.1 Å². The van der Waals surface area contributed by atoms with Gasteiger partial charge in [0.1, 0.15) is 19.3 Å². The molecule has 0 aromatic carbocycles. The predicted molar refractivity (Wildman–Crippen MR) is 263 cm³/mol. The lowest BCUT2D eigenvalue weighted by atomic mass is 10.0. The zero-order valence-corrected chi connectivity index (χ0v) is 42.0. The van der Waals surface area contributed by atoms with Crippen molar-refractivity contribution in [3.8, 4) is 0 Å². The summed E-state index contributed by atoms with van der Waals surface area (Å²) in [6, 6.07) is 0. The normalized spacial score (nSPS) is 14.1. The van der Waals surface area contributed by atoms with Crippen molar-refractivity contribution in [2.75, 3.05) is 54.1 Å². The van der Waals surface area contributed by atoms with Crippen molar-refractivity contribution in [2.24, 2.45) is 0 Å². The minimum absolute atomic E-state index is 0.0209. The van der Waals surface area contributed by atoms with E-state index in [0.717, 1.165) is 64.2 Å². The predicted octanol–water partition coefficient (Wildman–Crippen LogP) is 15.0. The van der Waals surface area contributed by atoms with Crippen LogP contribution in [0.4, 0.5) is 0 Å². The Bertz CT molecular complexity index is 1170. The number of phosphoric ester groups is 1. The first-order valence-electron chi connectivity index (χ1n) is 25.5. The Morgan fingerprint density at radius 2 is 0.903 bits per heavy atom. The molecule has 0 fully saturated rings. The summed E-state index contributed by atoms with van der Waals surface area (Å²) in [7, 11) is 1.34. The van der Waals surface area contributed by atoms with Crippen LogP contribution in [0, 0.1) is 0 Å². The molecular formula is C53H98NO7P. The van der Waals surface area contributed by atoms with Gasteiger partial charge in [0.15, 0.2) is 0 Å². The largest absolute Gasteiger partial charge is 0.756 e. The molecule has 362 valence electrons. The molecule has 0 aliphatic rings. The number of nitrogens with zero attached hydrogens (tertiary/aromatic N) is 1. The van der Waals surface area contributed by atoms with E-state index in [9.17, 15) is 14.3 Å². The van der Waals surface area contributed by atoms with Crippen LogP contribution in [0.1, 0.15) is 213 Å². The summed E-state index contributed by atoms with van der Waals surface area (Å²) >= 11 is 0. The summed E-state index contributed by atoms with van der Waals surface area (Å²) in [5.74, 6) is -0.343. The molecular weight excluding hydrogens is 794 g/mol. The van der Waals surface area contributed by atoms with Gasteiger partial charge in [0.05, 0.1) is 34.4 Å². The fourth-order valence-corrected chi connectivity index (χ4v) is 7.53. The third-order valence-electron chi connectivity index (χ3n) is 10.8. The number of esters is 1. The summed E-state index contributed by atoms with van der Waals surface area (Å²) in [5.41, 5.74) is 0. The van der Waals surface area contributed by atoms with Gasteiger partial charge in [-0.15, -0.1) is 0 Å². The average Bonchev–Trinajstić information content (AvgIpc) is 3.23. The third kappa shape index (κ3) is 49.2. The van der Waals surface area contributed by atoms with Crippen molar-refractivity contribution in [1.82, 2.24) is 0 Å². The van der Waals surface area contributed by atoms with Gasteiger partial charge in [-0.3, -0.25) is 9.36 Å². The van der Waals surface area contributed by atoms with Gasteiger partial charge in [0.25, 0.3) is 7.82 Å². The van der Waals surface area contributed by atoms with E-state index in [1.165, 1.54) is 128 Å². The van der Waals surface area contributed by atoms with Crippen molar-refractivity contribution >= 4 is 13.8 Å². The van der Waals surface area contributed by atoms with Crippen molar-refractivity contribution in [2.45, 2.75) is 219 Å². The molecule has 62 heavy (non-hydrogen) atoms. The van der Waals surface area contributed by atoms with Crippen molar-refractivity contribution < 1.29 is 37.3 Å². The monoisotopic (exact) mass is 892 g/mol. The number of unbranched alkanes of at least 4 members (excludes halogenated alkanes) is 23. The van der Waals surface area contributed by atoms with E-state index in [-0.39, 0.29) is 25.8 Å². The van der Waals surface area contributed by atoms with E-state index in [0.29, 0.717) is 24.1 Å². The van der Waals surface area contributed by atoms with Crippen molar-refractivity contribution in [3.05, 3.63) is 60.8 Å². The quantitative estimate of drug-likeness (QED) is 0.0197. The minimum Gasteiger partial charge on any atom is -0.756 e. The van der Waals surface area contributed by atoms with Crippen molar-refractivity contribution in [1.29, 1.82) is 0 Å². The van der Waals surface area contributed by atoms with Crippen LogP contribution in [-0.2, 0) is 27.9 Å². The van der Waals surface area contributed by atoms with E-state index in [2.05, 4.69) is 74.6 Å². The van der Waals surface area contributed by atoms with Crippen LogP contribution in [0.25, 0.3) is 0 Å². The van der Waals surface area contributed by atoms with Gasteiger partial charge in [-0.05, 0) is 77.0 Å². The van der Waals surface area contributed by atoms with Crippen molar-refractivity contribution in [3.63, 3.8) is 0 Å². The number of likely N-dealkylation sites (N-methyl/N-ethyl adjacent to an activating group) is 1. The number of hydrogen-bond donors (Lipinski definition) is 0. The summed E-state index contributed by atoms with van der Waals surface area (Å²) in [6.45, 7) is 5.34. The SMILES string of the molecule is CCCC/C=C\C/C=C\CCCCCCCCOCC(COP(=O)([O-])OCC[N+](C)(C)C)OC(=O)CCCCCCCCCCCC/C=C\C/C=C\C/C=C\CCCCCCC. The molecule has 2 atom stereocenters. The number of ether oxygens (including phenoxy) is 2. The Morgan fingerprint density at radius 1 is 0.500 bits per heavy atom. The first-order valence-corrected chi connectivity index (χ1v) is 27.0. The minimum atomic E-state index is -4.54. The summed E-state index contributed by atoms with van der Waals surface area (Å²) in [5, 5.41) is 0. The molecule has 0 radical (unpaired) electrons. The Kier molecular flexibility index (Phi) is 44.4. The van der Waals surface area contributed by atoms with Crippen LogP contribution in [0.5, 0.6) is 0 Å². The van der Waals surface area contributed by atoms with Gasteiger partial charge in [-0.1, -0.05) is 190 Å². The first kappa shape index (κ1) is 60.2. The molecule has 0 aromatic heterocycles. The maximum atomic E-state index is 12.7. The standard InChI is InChI=1S/C53H98NO7P/c1-6-8-10-12-14-16-18-20-22-23-24-25-26-27-28-29-30-31-32-34-36-38-40-42-44-46-53(55)61-52(51-60-62(56,57)59-49-47-54(3,4)5)50-58-48-45-43-41-39-37-35-33-21-19-17-15-13-11-9-7-2/h13,15,18-21,23-24,26-27,52H,6-12,14,16-17,22,25,28-51H2,1-5H3/b15-13-,20-18-,21-19-,24-23-,27-26-. The summed E-state index contributed by atoms with van der Waals surface area (Å²) < 4.78 is 34.7. The van der Waals surface area contributed by atoms with Crippen LogP contribution in [0.15, 0.2) is 60.8 Å². The molecule has 0 saturated heterocycles. The Morgan fingerprint density at radius 3 is 1.37 bits per heavy atom. The number of hydrogen-bond acceptors (Lipinski definition) is 7. The lowest BCUT2D eigenvalue weighted by molar-refractivity contribution is -0.870. The second-order valence-electron chi connectivity index (χ2n) is 18.2. The van der Waals surface area contributed by atoms with Gasteiger partial charge in [0.2, 0.25) is 0 Å². The van der Waals surface area contributed by atoms with Crippen LogP contribution in [-0.4, -0.2) is 70.7 Å². The second kappa shape index (κ2) is 45.8. The van der Waals surface area contributed by atoms with Gasteiger partial charge < -0.3 is 27.9 Å². The lowest BCUT2D eigenvalue weighted by Gasteiger charge is -2.28. The van der Waals surface area contributed by atoms with Crippen LogP contribution < -0.4 is 4.89 Å². The fraction of sp³-hybridized carbons (Fsp3) is 0.792. The number of quaternary nitrogens is 1. The molecule has 0 bridgehead atoms. The van der Waals surface area contributed by atoms with Gasteiger partial charge >= 0.3 is 5.97 Å². The number of allylic oxidation sites excluding steroid dienone is 10.